The molecule has 1 aromatic carbocycles. The molecule has 3 N–H and O–H groups in total. The molecule has 136 valence electrons. The van der Waals surface area contributed by atoms with E-state index in [0.717, 1.165) is 0 Å². The second-order valence-electron chi connectivity index (χ2n) is 6.24. The quantitative estimate of drug-likeness (QED) is 0.630. The number of nitrogens with one attached hydrogen (secondary N) is 1. The molecule has 1 aliphatic heterocycles. The highest BCUT2D eigenvalue weighted by molar-refractivity contribution is 6.21. The normalized spacial score (nSPS) is 13.4. The Morgan fingerprint density at radius 2 is 1.72 bits per heavy atom. The third kappa shape index (κ3) is 4.15. The standard InChI is InChI=1S/C17H23N3O5/c1-11(2)10-20-15(23)13-4-3-12(9-14(13)16(20)24)18-17(25)19(5-7-21)6-8-22/h3-4,9,11,21-22H,5-8,10H2,1-2H3,(H,18,25). The lowest BCUT2D eigenvalue weighted by Crippen LogP contribution is -2.39. The number of urea groups is 1. The minimum Gasteiger partial charge on any atom is -0.395 e. The lowest BCUT2D eigenvalue weighted by Gasteiger charge is -2.21. The zero-order valence-corrected chi connectivity index (χ0v) is 14.4. The van der Waals surface area contributed by atoms with Gasteiger partial charge in [0.25, 0.3) is 11.8 Å². The van der Waals surface area contributed by atoms with Crippen molar-refractivity contribution in [1.29, 1.82) is 0 Å². The Kier molecular flexibility index (Phi) is 6.11. The largest absolute Gasteiger partial charge is 0.395 e. The Labute approximate surface area is 146 Å². The van der Waals surface area contributed by atoms with Crippen LogP contribution in [0.3, 0.4) is 0 Å². The van der Waals surface area contributed by atoms with Crippen molar-refractivity contribution >= 4 is 23.5 Å². The van der Waals surface area contributed by atoms with E-state index in [0.29, 0.717) is 17.8 Å². The van der Waals surface area contributed by atoms with Crippen LogP contribution in [-0.2, 0) is 0 Å². The second-order valence-corrected chi connectivity index (χ2v) is 6.24. The van der Waals surface area contributed by atoms with Gasteiger partial charge in [-0.25, -0.2) is 4.79 Å². The fraction of sp³-hybridized carbons (Fsp3) is 0.471. The van der Waals surface area contributed by atoms with Crippen molar-refractivity contribution in [2.24, 2.45) is 5.92 Å². The van der Waals surface area contributed by atoms with Crippen molar-refractivity contribution < 1.29 is 24.6 Å². The summed E-state index contributed by atoms with van der Waals surface area (Å²) < 4.78 is 0. The highest BCUT2D eigenvalue weighted by atomic mass is 16.3. The number of aliphatic hydroxyl groups excluding tert-OH is 2. The van der Waals surface area contributed by atoms with Gasteiger partial charge in [-0.05, 0) is 24.1 Å². The molecule has 0 saturated heterocycles. The predicted octanol–water partition coefficient (Wildman–Crippen LogP) is 0.757. The third-order valence-corrected chi connectivity index (χ3v) is 3.80. The molecule has 0 fully saturated rings. The van der Waals surface area contributed by atoms with E-state index in [4.69, 9.17) is 10.2 Å². The minimum atomic E-state index is -0.501. The maximum Gasteiger partial charge on any atom is 0.321 e. The van der Waals surface area contributed by atoms with Crippen molar-refractivity contribution in [3.05, 3.63) is 29.3 Å². The Morgan fingerprint density at radius 1 is 1.12 bits per heavy atom. The maximum absolute atomic E-state index is 12.4. The average Bonchev–Trinajstić information content (AvgIpc) is 2.79. The number of hydrogen-bond donors (Lipinski definition) is 3. The van der Waals surface area contributed by atoms with Crippen LogP contribution in [-0.4, -0.2) is 70.7 Å². The Morgan fingerprint density at radius 3 is 2.28 bits per heavy atom. The van der Waals surface area contributed by atoms with E-state index in [1.807, 2.05) is 13.8 Å². The molecule has 2 rings (SSSR count). The molecule has 0 saturated carbocycles. The number of fused-ring (bicyclic) bond motifs is 1. The number of hydrogen-bond acceptors (Lipinski definition) is 5. The van der Waals surface area contributed by atoms with Gasteiger partial charge >= 0.3 is 6.03 Å². The lowest BCUT2D eigenvalue weighted by atomic mass is 10.1. The van der Waals surface area contributed by atoms with Crippen LogP contribution in [0.25, 0.3) is 0 Å². The van der Waals surface area contributed by atoms with Crippen LogP contribution in [0.4, 0.5) is 10.5 Å². The van der Waals surface area contributed by atoms with Crippen LogP contribution in [0.15, 0.2) is 18.2 Å². The first-order chi connectivity index (χ1) is 11.9. The molecule has 4 amide bonds. The molecule has 1 heterocycles. The minimum absolute atomic E-state index is 0.0803. The van der Waals surface area contributed by atoms with Gasteiger partial charge in [-0.1, -0.05) is 13.8 Å². The number of benzene rings is 1. The number of aliphatic hydroxyl groups is 2. The van der Waals surface area contributed by atoms with Crippen molar-refractivity contribution in [1.82, 2.24) is 9.80 Å². The fourth-order valence-corrected chi connectivity index (χ4v) is 2.66. The van der Waals surface area contributed by atoms with Crippen LogP contribution in [0.1, 0.15) is 34.6 Å². The summed E-state index contributed by atoms with van der Waals surface area (Å²) in [6, 6.07) is 4.05. The van der Waals surface area contributed by atoms with E-state index in [9.17, 15) is 14.4 Å². The number of anilines is 1. The second kappa shape index (κ2) is 8.09. The zero-order valence-electron chi connectivity index (χ0n) is 14.4. The molecule has 0 bridgehead atoms. The monoisotopic (exact) mass is 349 g/mol. The van der Waals surface area contributed by atoms with Gasteiger partial charge in [0, 0.05) is 25.3 Å². The molecule has 0 radical (unpaired) electrons. The first-order valence-electron chi connectivity index (χ1n) is 8.17. The Balaban J connectivity index is 2.17. The highest BCUT2D eigenvalue weighted by Gasteiger charge is 2.35. The van der Waals surface area contributed by atoms with Gasteiger partial charge in [-0.15, -0.1) is 0 Å². The summed E-state index contributed by atoms with van der Waals surface area (Å²) in [5.41, 5.74) is 0.961. The van der Waals surface area contributed by atoms with E-state index in [-0.39, 0.29) is 49.6 Å². The summed E-state index contributed by atoms with van der Waals surface area (Å²) in [7, 11) is 0. The van der Waals surface area contributed by atoms with E-state index >= 15 is 0 Å². The van der Waals surface area contributed by atoms with E-state index < -0.39 is 6.03 Å². The summed E-state index contributed by atoms with van der Waals surface area (Å²) in [6.07, 6.45) is 0. The van der Waals surface area contributed by atoms with E-state index in [1.165, 1.54) is 21.9 Å². The van der Waals surface area contributed by atoms with Crippen LogP contribution in [0.5, 0.6) is 0 Å². The molecule has 1 aliphatic rings. The van der Waals surface area contributed by atoms with Crippen LogP contribution in [0.2, 0.25) is 0 Å². The van der Waals surface area contributed by atoms with Gasteiger partial charge in [0.15, 0.2) is 0 Å². The van der Waals surface area contributed by atoms with Gasteiger partial charge in [0.2, 0.25) is 0 Å². The molecule has 8 heteroatoms. The van der Waals surface area contributed by atoms with Crippen LogP contribution >= 0.6 is 0 Å². The molecule has 25 heavy (non-hydrogen) atoms. The number of amides is 4. The molecule has 1 aromatic rings. The molecule has 0 atom stereocenters. The van der Waals surface area contributed by atoms with Crippen molar-refractivity contribution in [2.45, 2.75) is 13.8 Å². The lowest BCUT2D eigenvalue weighted by molar-refractivity contribution is 0.0636. The van der Waals surface area contributed by atoms with Gasteiger partial charge in [-0.2, -0.15) is 0 Å². The summed E-state index contributed by atoms with van der Waals surface area (Å²) in [5, 5.41) is 20.6. The number of carbonyl (C=O) groups is 3. The Hall–Kier alpha value is -2.45. The zero-order chi connectivity index (χ0) is 18.6. The third-order valence-electron chi connectivity index (χ3n) is 3.80. The first-order valence-corrected chi connectivity index (χ1v) is 8.17. The summed E-state index contributed by atoms with van der Waals surface area (Å²) in [4.78, 5) is 39.4. The van der Waals surface area contributed by atoms with Crippen molar-refractivity contribution in [3.63, 3.8) is 0 Å². The number of carbonyl (C=O) groups excluding carboxylic acids is 3. The Bertz CT molecular complexity index is 668. The maximum atomic E-state index is 12.4. The molecule has 0 unspecified atom stereocenters. The van der Waals surface area contributed by atoms with E-state index in [2.05, 4.69) is 5.32 Å². The van der Waals surface area contributed by atoms with Gasteiger partial charge < -0.3 is 20.4 Å². The van der Waals surface area contributed by atoms with Crippen molar-refractivity contribution in [2.75, 3.05) is 38.2 Å². The number of imide groups is 1. The van der Waals surface area contributed by atoms with Gasteiger partial charge in [0.05, 0.1) is 24.3 Å². The van der Waals surface area contributed by atoms with Crippen LogP contribution in [0, 0.1) is 5.92 Å². The van der Waals surface area contributed by atoms with Crippen molar-refractivity contribution in [3.8, 4) is 0 Å². The van der Waals surface area contributed by atoms with Gasteiger partial charge in [-0.3, -0.25) is 14.5 Å². The molecular weight excluding hydrogens is 326 g/mol. The van der Waals surface area contributed by atoms with E-state index in [1.54, 1.807) is 6.07 Å². The molecule has 0 aromatic heterocycles. The first kappa shape index (κ1) is 18.9. The van der Waals surface area contributed by atoms with Crippen LogP contribution < -0.4 is 5.32 Å². The predicted molar refractivity (Wildman–Crippen MR) is 91.4 cm³/mol. The fourth-order valence-electron chi connectivity index (χ4n) is 2.66. The molecule has 0 aliphatic carbocycles. The van der Waals surface area contributed by atoms with Gasteiger partial charge in [0.1, 0.15) is 0 Å². The molecule has 8 nitrogen and oxygen atoms in total. The SMILES string of the molecule is CC(C)CN1C(=O)c2ccc(NC(=O)N(CCO)CCO)cc2C1=O. The number of rotatable bonds is 7. The molecule has 0 spiro atoms. The topological polar surface area (TPSA) is 110 Å². The number of nitrogens with zero attached hydrogens (tertiary/aromatic N) is 2. The summed E-state index contributed by atoms with van der Waals surface area (Å²) >= 11 is 0. The average molecular weight is 349 g/mol. The molecular formula is C17H23N3O5. The summed E-state index contributed by atoms with van der Waals surface area (Å²) in [6.45, 7) is 3.89. The smallest absolute Gasteiger partial charge is 0.321 e. The highest BCUT2D eigenvalue weighted by Crippen LogP contribution is 2.26. The summed E-state index contributed by atoms with van der Waals surface area (Å²) in [5.74, 6) is -0.534.